The Morgan fingerprint density at radius 3 is 1.03 bits per heavy atom. The third-order valence-electron chi connectivity index (χ3n) is 10.8. The zero-order valence-corrected chi connectivity index (χ0v) is 39.0. The van der Waals surface area contributed by atoms with Gasteiger partial charge in [-0.3, -0.25) is 9.59 Å². The average Bonchev–Trinajstić information content (AvgIpc) is 3.27. The molecule has 2 rings (SSSR count). The maximum Gasteiger partial charge on any atom is 0.305 e. The highest BCUT2D eigenvalue weighted by atomic mass is 32.2. The molecule has 61 heavy (non-hydrogen) atoms. The minimum atomic E-state index is -3.75. The molecule has 0 amide bonds. The molecule has 0 spiro atoms. The summed E-state index contributed by atoms with van der Waals surface area (Å²) in [6.07, 6.45) is 41.7. The molecule has 0 aliphatic carbocycles. The van der Waals surface area contributed by atoms with Crippen molar-refractivity contribution in [2.75, 3.05) is 26.4 Å². The second kappa shape index (κ2) is 37.0. The Morgan fingerprint density at radius 2 is 0.705 bits per heavy atom. The van der Waals surface area contributed by atoms with E-state index in [1.54, 1.807) is 24.3 Å². The molecule has 0 aliphatic rings. The first kappa shape index (κ1) is 53.5. The molecule has 8 nitrogen and oxygen atoms in total. The number of esters is 2. The maximum atomic E-state index is 13.2. The molecule has 0 aromatic heterocycles. The van der Waals surface area contributed by atoms with Gasteiger partial charge in [-0.2, -0.15) is 0 Å². The molecule has 344 valence electrons. The van der Waals surface area contributed by atoms with Crippen molar-refractivity contribution in [3.63, 3.8) is 0 Å². The molecule has 0 aliphatic heterocycles. The van der Waals surface area contributed by atoms with Crippen LogP contribution in [0.1, 0.15) is 194 Å². The Bertz CT molecular complexity index is 1420. The molecule has 0 saturated carbocycles. The van der Waals surface area contributed by atoms with Crippen LogP contribution < -0.4 is 9.47 Å². The summed E-state index contributed by atoms with van der Waals surface area (Å²) in [5.41, 5.74) is 0. The molecule has 0 saturated heterocycles. The first-order valence-corrected chi connectivity index (χ1v) is 25.7. The van der Waals surface area contributed by atoms with Gasteiger partial charge in [0.05, 0.1) is 9.79 Å². The largest absolute Gasteiger partial charge is 0.490 e. The molecule has 0 N–H and O–H groups in total. The van der Waals surface area contributed by atoms with Crippen LogP contribution in [0.4, 0.5) is 0 Å². The summed E-state index contributed by atoms with van der Waals surface area (Å²) in [7, 11) is -3.75. The minimum Gasteiger partial charge on any atom is -0.490 e. The fourth-order valence-electron chi connectivity index (χ4n) is 7.02. The zero-order chi connectivity index (χ0) is 43.9. The van der Waals surface area contributed by atoms with E-state index in [9.17, 15) is 18.0 Å². The Kier molecular flexibility index (Phi) is 32.5. The first-order chi connectivity index (χ1) is 29.9. The summed E-state index contributed by atoms with van der Waals surface area (Å²) < 4.78 is 48.4. The predicted octanol–water partition coefficient (Wildman–Crippen LogP) is 14.4. The quantitative estimate of drug-likeness (QED) is 0.0370. The van der Waals surface area contributed by atoms with E-state index in [4.69, 9.17) is 18.9 Å². The fourth-order valence-corrected chi connectivity index (χ4v) is 8.28. The number of carbonyl (C=O) groups excluding carboxylic acids is 2. The number of allylic oxidation sites excluding steroid dienone is 4. The van der Waals surface area contributed by atoms with Crippen LogP contribution in [-0.4, -0.2) is 46.8 Å². The lowest BCUT2D eigenvalue weighted by Crippen LogP contribution is -2.12. The Labute approximate surface area is 371 Å². The lowest BCUT2D eigenvalue weighted by atomic mass is 10.1. The van der Waals surface area contributed by atoms with Gasteiger partial charge in [0.1, 0.15) is 37.9 Å². The molecule has 0 heterocycles. The van der Waals surface area contributed by atoms with Gasteiger partial charge < -0.3 is 18.9 Å². The molecule has 0 unspecified atom stereocenters. The Morgan fingerprint density at radius 1 is 0.410 bits per heavy atom. The lowest BCUT2D eigenvalue weighted by Gasteiger charge is -2.10. The van der Waals surface area contributed by atoms with Crippen LogP contribution in [0.15, 0.2) is 82.6 Å². The number of ether oxygens (including phenoxy) is 4. The summed E-state index contributed by atoms with van der Waals surface area (Å²) in [5.74, 6) is 0.545. The molecular formula is C52H82O8S. The van der Waals surface area contributed by atoms with E-state index in [0.29, 0.717) is 24.3 Å². The molecule has 0 fully saturated rings. The highest BCUT2D eigenvalue weighted by molar-refractivity contribution is 7.91. The van der Waals surface area contributed by atoms with Crippen LogP contribution in [0.25, 0.3) is 0 Å². The van der Waals surface area contributed by atoms with Gasteiger partial charge in [0.2, 0.25) is 9.84 Å². The molecule has 0 atom stereocenters. The summed E-state index contributed by atoms with van der Waals surface area (Å²) in [5, 5.41) is 0. The van der Waals surface area contributed by atoms with Gasteiger partial charge in [-0.25, -0.2) is 8.42 Å². The molecule has 2 aromatic rings. The summed E-state index contributed by atoms with van der Waals surface area (Å²) in [6.45, 7) is 5.15. The normalized spacial score (nSPS) is 11.7. The van der Waals surface area contributed by atoms with Gasteiger partial charge in [-0.05, 0) is 113 Å². The fraction of sp³-hybridized carbons (Fsp3) is 0.654. The van der Waals surface area contributed by atoms with Crippen molar-refractivity contribution in [3.8, 4) is 11.5 Å². The lowest BCUT2D eigenvalue weighted by molar-refractivity contribution is -0.145. The van der Waals surface area contributed by atoms with Crippen molar-refractivity contribution in [1.29, 1.82) is 0 Å². The van der Waals surface area contributed by atoms with Crippen LogP contribution >= 0.6 is 0 Å². The third kappa shape index (κ3) is 28.6. The van der Waals surface area contributed by atoms with E-state index >= 15 is 0 Å². The van der Waals surface area contributed by atoms with Gasteiger partial charge in [-0.1, -0.05) is 141 Å². The third-order valence-corrected chi connectivity index (χ3v) is 12.6. The van der Waals surface area contributed by atoms with Gasteiger partial charge in [0.25, 0.3) is 0 Å². The van der Waals surface area contributed by atoms with Gasteiger partial charge >= 0.3 is 11.9 Å². The summed E-state index contributed by atoms with van der Waals surface area (Å²) >= 11 is 0. The molecule has 9 heteroatoms. The van der Waals surface area contributed by atoms with Crippen molar-refractivity contribution < 1.29 is 37.0 Å². The zero-order valence-electron chi connectivity index (χ0n) is 38.2. The van der Waals surface area contributed by atoms with Gasteiger partial charge in [-0.15, -0.1) is 0 Å². The van der Waals surface area contributed by atoms with E-state index in [-0.39, 0.29) is 48.2 Å². The Hall–Kier alpha value is -3.59. The number of benzene rings is 2. The number of carbonyl (C=O) groups is 2. The molecule has 0 radical (unpaired) electrons. The smallest absolute Gasteiger partial charge is 0.305 e. The van der Waals surface area contributed by atoms with E-state index in [0.717, 1.165) is 38.5 Å². The number of rotatable bonds is 40. The van der Waals surface area contributed by atoms with E-state index in [1.807, 2.05) is 0 Å². The van der Waals surface area contributed by atoms with Gasteiger partial charge in [0, 0.05) is 12.8 Å². The SMILES string of the molecule is CCCCCCC/C=C/CCCCCCCCC(=O)OCCOc1ccc(S(=O)(=O)c2ccc(OCCOC(=O)CCCCCCCC/C=C/CCCCCCC)cc2)cc1. The molecule has 0 bridgehead atoms. The topological polar surface area (TPSA) is 105 Å². The molecule has 2 aromatic carbocycles. The first-order valence-electron chi connectivity index (χ1n) is 24.2. The highest BCUT2D eigenvalue weighted by Crippen LogP contribution is 2.25. The standard InChI is InChI=1S/C52H82O8S/c1-3-5-7-9-11-13-15-17-19-21-23-25-27-29-31-33-51(53)59-45-43-57-47-35-39-49(40-36-47)61(55,56)50-41-37-48(38-42-50)58-44-46-60-52(54)34-32-30-28-26-24-22-20-18-16-14-12-10-8-6-4-2/h15-18,35-42H,3-14,19-34,43-46H2,1-2H3/b17-15+,18-16+. The van der Waals surface area contributed by atoms with Crippen molar-refractivity contribution in [2.45, 2.75) is 203 Å². The van der Waals surface area contributed by atoms with E-state index < -0.39 is 9.84 Å². The van der Waals surface area contributed by atoms with Crippen LogP contribution in [0.2, 0.25) is 0 Å². The molecular weight excluding hydrogens is 785 g/mol. The number of hydrogen-bond acceptors (Lipinski definition) is 8. The maximum absolute atomic E-state index is 13.2. The van der Waals surface area contributed by atoms with Gasteiger partial charge in [0.15, 0.2) is 0 Å². The summed E-state index contributed by atoms with van der Waals surface area (Å²) in [4.78, 5) is 24.5. The predicted molar refractivity (Wildman–Crippen MR) is 250 cm³/mol. The van der Waals surface area contributed by atoms with E-state index in [1.165, 1.54) is 153 Å². The van der Waals surface area contributed by atoms with Crippen molar-refractivity contribution in [2.24, 2.45) is 0 Å². The van der Waals surface area contributed by atoms with Crippen LogP contribution in [0.3, 0.4) is 0 Å². The van der Waals surface area contributed by atoms with Crippen LogP contribution in [-0.2, 0) is 28.9 Å². The number of sulfone groups is 1. The van der Waals surface area contributed by atoms with Crippen molar-refractivity contribution in [1.82, 2.24) is 0 Å². The minimum absolute atomic E-state index is 0.138. The van der Waals surface area contributed by atoms with E-state index in [2.05, 4.69) is 38.2 Å². The number of hydrogen-bond donors (Lipinski definition) is 0. The number of unbranched alkanes of at least 4 members (excludes halogenated alkanes) is 22. The second-order valence-corrected chi connectivity index (χ2v) is 18.2. The monoisotopic (exact) mass is 867 g/mol. The average molecular weight is 867 g/mol. The summed E-state index contributed by atoms with van der Waals surface area (Å²) in [6, 6.07) is 12.4. The highest BCUT2D eigenvalue weighted by Gasteiger charge is 2.18. The van der Waals surface area contributed by atoms with Crippen LogP contribution in [0, 0.1) is 0 Å². The Balaban J connectivity index is 1.48. The van der Waals surface area contributed by atoms with Crippen molar-refractivity contribution >= 4 is 21.8 Å². The van der Waals surface area contributed by atoms with Crippen LogP contribution in [0.5, 0.6) is 11.5 Å². The van der Waals surface area contributed by atoms with Crippen molar-refractivity contribution in [3.05, 3.63) is 72.8 Å². The second-order valence-electron chi connectivity index (χ2n) is 16.3.